The van der Waals surface area contributed by atoms with E-state index < -0.39 is 11.6 Å². The molecule has 0 bridgehead atoms. The highest BCUT2D eigenvalue weighted by Gasteiger charge is 2.28. The fourth-order valence-corrected chi connectivity index (χ4v) is 2.88. The molecule has 0 unspecified atom stereocenters. The molecule has 0 aromatic heterocycles. The highest BCUT2D eigenvalue weighted by Crippen LogP contribution is 2.25. The summed E-state index contributed by atoms with van der Waals surface area (Å²) in [6, 6.07) is 3.44. The minimum atomic E-state index is -0.633. The van der Waals surface area contributed by atoms with Crippen LogP contribution in [0.15, 0.2) is 18.2 Å². The van der Waals surface area contributed by atoms with Crippen LogP contribution in [-0.4, -0.2) is 36.9 Å². The third kappa shape index (κ3) is 3.10. The summed E-state index contributed by atoms with van der Waals surface area (Å²) in [6.07, 6.45) is 4.15. The van der Waals surface area contributed by atoms with Gasteiger partial charge in [0.05, 0.1) is 0 Å². The lowest BCUT2D eigenvalue weighted by Gasteiger charge is -2.35. The fourth-order valence-electron chi connectivity index (χ4n) is 2.88. The van der Waals surface area contributed by atoms with Gasteiger partial charge in [0.1, 0.15) is 18.1 Å². The molecular weight excluding hydrogens is 264 g/mol. The van der Waals surface area contributed by atoms with Gasteiger partial charge in [-0.3, -0.25) is 4.90 Å². The van der Waals surface area contributed by atoms with Crippen molar-refractivity contribution in [3.8, 4) is 5.75 Å². The number of ether oxygens (including phenoxy) is 2. The van der Waals surface area contributed by atoms with Crippen molar-refractivity contribution in [1.29, 1.82) is 0 Å². The molecule has 1 aromatic rings. The Morgan fingerprint density at radius 2 is 1.95 bits per heavy atom. The van der Waals surface area contributed by atoms with E-state index in [1.54, 1.807) is 0 Å². The average Bonchev–Trinajstić information content (AvgIpc) is 2.97. The topological polar surface area (TPSA) is 21.7 Å². The summed E-state index contributed by atoms with van der Waals surface area (Å²) in [7, 11) is 0. The Hall–Kier alpha value is -1.20. The van der Waals surface area contributed by atoms with Crippen molar-refractivity contribution >= 4 is 0 Å². The molecule has 20 heavy (non-hydrogen) atoms. The molecule has 1 aromatic carbocycles. The Kier molecular flexibility index (Phi) is 4.17. The molecule has 1 atom stereocenters. The van der Waals surface area contributed by atoms with Gasteiger partial charge in [-0.15, -0.1) is 0 Å². The van der Waals surface area contributed by atoms with Gasteiger partial charge in [0.2, 0.25) is 0 Å². The molecule has 2 saturated heterocycles. The third-order valence-corrected chi connectivity index (χ3v) is 3.98. The Labute approximate surface area is 117 Å². The van der Waals surface area contributed by atoms with Crippen LogP contribution in [0.4, 0.5) is 8.78 Å². The molecule has 2 heterocycles. The van der Waals surface area contributed by atoms with Gasteiger partial charge in [-0.25, -0.2) is 8.78 Å². The number of benzene rings is 1. The number of hydrogen-bond acceptors (Lipinski definition) is 3. The number of halogens is 2. The summed E-state index contributed by atoms with van der Waals surface area (Å²) in [5.41, 5.74) is 0. The van der Waals surface area contributed by atoms with Crippen LogP contribution in [0.2, 0.25) is 0 Å². The highest BCUT2D eigenvalue weighted by atomic mass is 19.1. The van der Waals surface area contributed by atoms with E-state index >= 15 is 0 Å². The number of likely N-dealkylation sites (tertiary alicyclic amines) is 1. The first kappa shape index (κ1) is 13.8. The van der Waals surface area contributed by atoms with Crippen LogP contribution in [0.1, 0.15) is 25.7 Å². The fraction of sp³-hybridized carbons (Fsp3) is 0.600. The van der Waals surface area contributed by atoms with Crippen LogP contribution in [0.3, 0.4) is 0 Å². The Morgan fingerprint density at radius 1 is 1.15 bits per heavy atom. The van der Waals surface area contributed by atoms with Gasteiger partial charge >= 0.3 is 0 Å². The van der Waals surface area contributed by atoms with Gasteiger partial charge in [-0.05, 0) is 37.8 Å². The van der Waals surface area contributed by atoms with Crippen LogP contribution >= 0.6 is 0 Å². The number of rotatable bonds is 3. The summed E-state index contributed by atoms with van der Waals surface area (Å²) in [5, 5.41) is 0. The molecule has 0 aliphatic carbocycles. The van der Waals surface area contributed by atoms with Gasteiger partial charge < -0.3 is 9.47 Å². The SMILES string of the molecule is Fc1ccc(OC2CCN([C@H]3CCCO3)CC2)c(F)c1. The summed E-state index contributed by atoms with van der Waals surface area (Å²) in [6.45, 7) is 2.65. The van der Waals surface area contributed by atoms with E-state index in [1.807, 2.05) is 0 Å². The van der Waals surface area contributed by atoms with Crippen molar-refractivity contribution in [2.24, 2.45) is 0 Å². The second-order valence-electron chi connectivity index (χ2n) is 5.40. The summed E-state index contributed by atoms with van der Waals surface area (Å²) in [5.74, 6) is -1.07. The van der Waals surface area contributed by atoms with E-state index in [2.05, 4.69) is 4.90 Å². The second-order valence-corrected chi connectivity index (χ2v) is 5.40. The minimum Gasteiger partial charge on any atom is -0.487 e. The van der Waals surface area contributed by atoms with Crippen molar-refractivity contribution in [2.75, 3.05) is 19.7 Å². The molecule has 5 heteroatoms. The number of piperidine rings is 1. The van der Waals surface area contributed by atoms with Gasteiger partial charge in [0.25, 0.3) is 0 Å². The summed E-state index contributed by atoms with van der Waals surface area (Å²) in [4.78, 5) is 2.33. The molecule has 0 spiro atoms. The smallest absolute Gasteiger partial charge is 0.167 e. The maximum Gasteiger partial charge on any atom is 0.167 e. The zero-order valence-electron chi connectivity index (χ0n) is 11.4. The Morgan fingerprint density at radius 3 is 2.60 bits per heavy atom. The van der Waals surface area contributed by atoms with E-state index in [9.17, 15) is 8.78 Å². The maximum absolute atomic E-state index is 13.5. The van der Waals surface area contributed by atoms with Crippen LogP contribution in [0, 0.1) is 11.6 Å². The lowest BCUT2D eigenvalue weighted by atomic mass is 10.1. The van der Waals surface area contributed by atoms with E-state index in [0.717, 1.165) is 51.4 Å². The molecule has 0 saturated carbocycles. The lowest BCUT2D eigenvalue weighted by molar-refractivity contribution is -0.0444. The summed E-state index contributed by atoms with van der Waals surface area (Å²) < 4.78 is 37.7. The molecule has 110 valence electrons. The quantitative estimate of drug-likeness (QED) is 0.851. The Bertz CT molecular complexity index is 455. The van der Waals surface area contributed by atoms with Gasteiger partial charge in [0, 0.05) is 25.8 Å². The zero-order chi connectivity index (χ0) is 13.9. The third-order valence-electron chi connectivity index (χ3n) is 3.98. The molecule has 3 nitrogen and oxygen atoms in total. The number of nitrogens with zero attached hydrogens (tertiary/aromatic N) is 1. The predicted molar refractivity (Wildman–Crippen MR) is 70.6 cm³/mol. The first-order chi connectivity index (χ1) is 9.72. The van der Waals surface area contributed by atoms with Crippen molar-refractivity contribution in [3.63, 3.8) is 0 Å². The van der Waals surface area contributed by atoms with Crippen LogP contribution in [0.5, 0.6) is 5.75 Å². The standard InChI is InChI=1S/C15H19F2NO2/c16-11-3-4-14(13(17)10-11)20-12-5-7-18(8-6-12)15-2-1-9-19-15/h3-4,10,12,15H,1-2,5-9H2/t15-/m1/s1. The van der Waals surface area contributed by atoms with Crippen LogP contribution in [-0.2, 0) is 4.74 Å². The molecule has 2 aliphatic heterocycles. The number of hydrogen-bond donors (Lipinski definition) is 0. The van der Waals surface area contributed by atoms with Crippen molar-refractivity contribution in [2.45, 2.75) is 38.0 Å². The molecule has 3 rings (SSSR count). The minimum absolute atomic E-state index is 0.00684. The van der Waals surface area contributed by atoms with E-state index in [4.69, 9.17) is 9.47 Å². The molecule has 0 radical (unpaired) electrons. The Balaban J connectivity index is 1.53. The molecule has 2 aliphatic rings. The first-order valence-corrected chi connectivity index (χ1v) is 7.20. The van der Waals surface area contributed by atoms with Crippen LogP contribution in [0.25, 0.3) is 0 Å². The van der Waals surface area contributed by atoms with E-state index in [0.29, 0.717) is 0 Å². The van der Waals surface area contributed by atoms with Crippen LogP contribution < -0.4 is 4.74 Å². The van der Waals surface area contributed by atoms with Gasteiger partial charge in [-0.2, -0.15) is 0 Å². The van der Waals surface area contributed by atoms with E-state index in [-0.39, 0.29) is 18.1 Å². The monoisotopic (exact) mass is 283 g/mol. The van der Waals surface area contributed by atoms with Crippen molar-refractivity contribution in [1.82, 2.24) is 4.90 Å². The van der Waals surface area contributed by atoms with Crippen molar-refractivity contribution in [3.05, 3.63) is 29.8 Å². The van der Waals surface area contributed by atoms with E-state index in [1.165, 1.54) is 12.1 Å². The largest absolute Gasteiger partial charge is 0.487 e. The van der Waals surface area contributed by atoms with Gasteiger partial charge in [-0.1, -0.05) is 0 Å². The zero-order valence-corrected chi connectivity index (χ0v) is 11.4. The summed E-state index contributed by atoms with van der Waals surface area (Å²) >= 11 is 0. The molecule has 2 fully saturated rings. The average molecular weight is 283 g/mol. The highest BCUT2D eigenvalue weighted by molar-refractivity contribution is 5.25. The lowest BCUT2D eigenvalue weighted by Crippen LogP contribution is -2.43. The van der Waals surface area contributed by atoms with Gasteiger partial charge in [0.15, 0.2) is 11.6 Å². The predicted octanol–water partition coefficient (Wildman–Crippen LogP) is 2.94. The molecular formula is C15H19F2NO2. The normalized spacial score (nSPS) is 25.0. The van der Waals surface area contributed by atoms with Crippen molar-refractivity contribution < 1.29 is 18.3 Å². The molecule has 0 N–H and O–H groups in total. The first-order valence-electron chi connectivity index (χ1n) is 7.20. The second kappa shape index (κ2) is 6.06. The molecule has 0 amide bonds. The maximum atomic E-state index is 13.5.